The Hall–Kier alpha value is -2.24. The Morgan fingerprint density at radius 2 is 1.61 bits per heavy atom. The van der Waals surface area contributed by atoms with Crippen LogP contribution in [0.3, 0.4) is 0 Å². The number of esters is 1. The normalized spacial score (nSPS) is 26.6. The fourth-order valence-corrected chi connectivity index (χ4v) is 12.6. The number of ketones is 1. The number of hydrogen-bond acceptors (Lipinski definition) is 4. The van der Waals surface area contributed by atoms with Crippen LogP contribution in [0.2, 0.25) is 5.04 Å². The Kier molecular flexibility index (Phi) is 8.68. The molecule has 5 heteroatoms. The van der Waals surface area contributed by atoms with E-state index in [1.54, 1.807) is 0 Å². The number of carbonyl (C=O) groups excluding carboxylic acids is 2. The molecule has 38 heavy (non-hydrogen) atoms. The first-order valence-electron chi connectivity index (χ1n) is 14.4. The zero-order valence-corrected chi connectivity index (χ0v) is 25.2. The zero-order valence-electron chi connectivity index (χ0n) is 24.2. The van der Waals surface area contributed by atoms with E-state index >= 15 is 0 Å². The van der Waals surface area contributed by atoms with Gasteiger partial charge < -0.3 is 9.16 Å². The van der Waals surface area contributed by atoms with Crippen molar-refractivity contribution in [2.45, 2.75) is 78.2 Å². The summed E-state index contributed by atoms with van der Waals surface area (Å²) < 4.78 is 12.2. The summed E-state index contributed by atoms with van der Waals surface area (Å²) in [7, 11) is -1.17. The van der Waals surface area contributed by atoms with Gasteiger partial charge in [-0.05, 0) is 64.3 Å². The number of methoxy groups -OCH3 is 1. The molecule has 2 aromatic rings. The molecule has 2 aliphatic carbocycles. The second kappa shape index (κ2) is 11.5. The molecule has 5 atom stereocenters. The molecule has 0 heterocycles. The molecule has 0 saturated heterocycles. The van der Waals surface area contributed by atoms with Gasteiger partial charge in [0.2, 0.25) is 0 Å². The average molecular weight is 535 g/mol. The van der Waals surface area contributed by atoms with Crippen LogP contribution in [0.25, 0.3) is 0 Å². The maximum Gasteiger partial charge on any atom is 0.305 e. The highest BCUT2D eigenvalue weighted by Gasteiger charge is 2.56. The average Bonchev–Trinajstić information content (AvgIpc) is 3.26. The minimum atomic E-state index is -2.59. The van der Waals surface area contributed by atoms with Crippen LogP contribution in [0.1, 0.15) is 73.1 Å². The Balaban J connectivity index is 1.59. The fraction of sp³-hybridized carbons (Fsp3) is 0.576. The number of rotatable bonds is 9. The summed E-state index contributed by atoms with van der Waals surface area (Å²) in [6.45, 7) is 12.5. The van der Waals surface area contributed by atoms with Crippen LogP contribution in [0.15, 0.2) is 60.7 Å². The van der Waals surface area contributed by atoms with Crippen molar-refractivity contribution in [1.29, 1.82) is 0 Å². The molecule has 4 rings (SSSR count). The molecule has 1 unspecified atom stereocenters. The van der Waals surface area contributed by atoms with Gasteiger partial charge in [-0.15, -0.1) is 0 Å². The Morgan fingerprint density at radius 1 is 1.03 bits per heavy atom. The minimum absolute atomic E-state index is 0.0253. The molecule has 4 nitrogen and oxygen atoms in total. The van der Waals surface area contributed by atoms with Gasteiger partial charge >= 0.3 is 5.97 Å². The summed E-state index contributed by atoms with van der Waals surface area (Å²) in [6.07, 6.45) is 4.69. The lowest BCUT2D eigenvalue weighted by molar-refractivity contribution is -0.142. The first-order chi connectivity index (χ1) is 18.0. The van der Waals surface area contributed by atoms with Gasteiger partial charge in [-0.3, -0.25) is 9.59 Å². The lowest BCUT2D eigenvalue weighted by atomic mass is 9.58. The number of Topliss-reactive ketones (excluding diaryl/α,β-unsaturated/α-hetero) is 1. The SMILES string of the molecule is COC(=O)CC[C@@H]1C(=O)CC[C@]2(C)[C@@H](C(C)CO[Si](c3ccccc3)(c3ccccc3)C(C)(C)C)CC[C@@H]12. The lowest BCUT2D eigenvalue weighted by Crippen LogP contribution is -2.67. The number of benzene rings is 2. The lowest BCUT2D eigenvalue weighted by Gasteiger charge is -2.47. The van der Waals surface area contributed by atoms with Crippen molar-refractivity contribution in [3.63, 3.8) is 0 Å². The van der Waals surface area contributed by atoms with Crippen molar-refractivity contribution >= 4 is 30.4 Å². The molecule has 2 fully saturated rings. The topological polar surface area (TPSA) is 52.6 Å². The minimum Gasteiger partial charge on any atom is -0.469 e. The number of ether oxygens (including phenoxy) is 1. The van der Waals surface area contributed by atoms with E-state index in [0.717, 1.165) is 19.3 Å². The van der Waals surface area contributed by atoms with Gasteiger partial charge in [-0.1, -0.05) is 95.3 Å². The van der Waals surface area contributed by atoms with Crippen molar-refractivity contribution in [2.24, 2.45) is 29.1 Å². The largest absolute Gasteiger partial charge is 0.469 e. The summed E-state index contributed by atoms with van der Waals surface area (Å²) >= 11 is 0. The van der Waals surface area contributed by atoms with E-state index < -0.39 is 8.32 Å². The third-order valence-electron chi connectivity index (χ3n) is 9.85. The number of hydrogen-bond donors (Lipinski definition) is 0. The van der Waals surface area contributed by atoms with Crippen LogP contribution in [0.5, 0.6) is 0 Å². The molecule has 2 saturated carbocycles. The van der Waals surface area contributed by atoms with Gasteiger partial charge in [-0.25, -0.2) is 0 Å². The quantitative estimate of drug-likeness (QED) is 0.285. The van der Waals surface area contributed by atoms with Crippen LogP contribution in [0.4, 0.5) is 0 Å². The molecule has 0 aliphatic heterocycles. The monoisotopic (exact) mass is 534 g/mol. The molecule has 2 aliphatic rings. The van der Waals surface area contributed by atoms with Crippen molar-refractivity contribution in [2.75, 3.05) is 13.7 Å². The molecule has 0 spiro atoms. The zero-order chi connectivity index (χ0) is 27.6. The fourth-order valence-electron chi connectivity index (χ4n) is 7.93. The number of carbonyl (C=O) groups is 2. The molecule has 0 N–H and O–H groups in total. The van der Waals surface area contributed by atoms with E-state index in [1.165, 1.54) is 17.5 Å². The second-order valence-corrected chi connectivity index (χ2v) is 17.2. The van der Waals surface area contributed by atoms with E-state index in [1.807, 2.05) is 0 Å². The third-order valence-corrected chi connectivity index (χ3v) is 14.9. The first-order valence-corrected chi connectivity index (χ1v) is 16.3. The van der Waals surface area contributed by atoms with Gasteiger partial charge in [0, 0.05) is 25.4 Å². The van der Waals surface area contributed by atoms with E-state index in [4.69, 9.17) is 9.16 Å². The Bertz CT molecular complexity index is 1050. The van der Waals surface area contributed by atoms with E-state index in [2.05, 4.69) is 95.3 Å². The molecule has 206 valence electrons. The van der Waals surface area contributed by atoms with E-state index in [0.29, 0.717) is 49.4 Å². The van der Waals surface area contributed by atoms with Gasteiger partial charge in [0.1, 0.15) is 5.78 Å². The molecule has 0 bridgehead atoms. The Morgan fingerprint density at radius 3 is 2.13 bits per heavy atom. The summed E-state index contributed by atoms with van der Waals surface area (Å²) in [4.78, 5) is 24.8. The second-order valence-electron chi connectivity index (χ2n) is 12.9. The van der Waals surface area contributed by atoms with Crippen molar-refractivity contribution in [3.05, 3.63) is 60.7 Å². The molecule has 0 amide bonds. The van der Waals surface area contributed by atoms with Crippen molar-refractivity contribution in [3.8, 4) is 0 Å². The first kappa shape index (κ1) is 28.8. The van der Waals surface area contributed by atoms with Crippen molar-refractivity contribution in [1.82, 2.24) is 0 Å². The molecular weight excluding hydrogens is 488 g/mol. The van der Waals surface area contributed by atoms with Crippen LogP contribution in [-0.4, -0.2) is 33.8 Å². The van der Waals surface area contributed by atoms with Crippen LogP contribution < -0.4 is 10.4 Å². The Labute approximate surface area is 230 Å². The molecular formula is C33H46O4Si. The summed E-state index contributed by atoms with van der Waals surface area (Å²) in [6, 6.07) is 21.7. The van der Waals surface area contributed by atoms with Crippen LogP contribution in [-0.2, 0) is 18.8 Å². The number of fused-ring (bicyclic) bond motifs is 1. The molecule has 0 aromatic heterocycles. The van der Waals surface area contributed by atoms with Crippen LogP contribution in [0, 0.1) is 29.1 Å². The van der Waals surface area contributed by atoms with Crippen molar-refractivity contribution < 1.29 is 18.8 Å². The van der Waals surface area contributed by atoms with Gasteiger partial charge in [-0.2, -0.15) is 0 Å². The smallest absolute Gasteiger partial charge is 0.305 e. The maximum absolute atomic E-state index is 13.0. The highest BCUT2D eigenvalue weighted by molar-refractivity contribution is 6.99. The van der Waals surface area contributed by atoms with E-state index in [-0.39, 0.29) is 22.3 Å². The molecule has 2 aromatic carbocycles. The van der Waals surface area contributed by atoms with E-state index in [9.17, 15) is 9.59 Å². The molecule has 0 radical (unpaired) electrons. The third kappa shape index (κ3) is 5.29. The summed E-state index contributed by atoms with van der Waals surface area (Å²) in [5.74, 6) is 1.32. The van der Waals surface area contributed by atoms with Gasteiger partial charge in [0.05, 0.1) is 7.11 Å². The van der Waals surface area contributed by atoms with Gasteiger partial charge in [0.15, 0.2) is 0 Å². The summed E-state index contributed by atoms with van der Waals surface area (Å²) in [5, 5.41) is 2.58. The standard InChI is InChI=1S/C33H46O4Si/c1-24(28-18-19-29-27(17-20-31(35)36-6)30(34)21-22-33(28,29)5)23-37-38(32(2,3)4,25-13-9-7-10-14-25)26-15-11-8-12-16-26/h7-16,24,27-29H,17-23H2,1-6H3/t24?,27-,28+,29-,33+/m0/s1. The predicted molar refractivity (Wildman–Crippen MR) is 156 cm³/mol. The highest BCUT2D eigenvalue weighted by Crippen LogP contribution is 2.59. The maximum atomic E-state index is 13.0. The summed E-state index contributed by atoms with van der Waals surface area (Å²) in [5.41, 5.74) is 0.100. The predicted octanol–water partition coefficient (Wildman–Crippen LogP) is 6.16. The van der Waals surface area contributed by atoms with Gasteiger partial charge in [0.25, 0.3) is 8.32 Å². The van der Waals surface area contributed by atoms with Crippen LogP contribution >= 0.6 is 0 Å². The highest BCUT2D eigenvalue weighted by atomic mass is 28.4.